The molecule has 4 heteroatoms. The van der Waals surface area contributed by atoms with Crippen LogP contribution in [0, 0.1) is 23.7 Å². The van der Waals surface area contributed by atoms with Gasteiger partial charge in [0.25, 0.3) is 11.8 Å². The third-order valence-corrected chi connectivity index (χ3v) is 9.70. The van der Waals surface area contributed by atoms with Crippen LogP contribution in [0.3, 0.4) is 0 Å². The molecule has 2 atom stereocenters. The van der Waals surface area contributed by atoms with E-state index in [0.717, 1.165) is 44.8 Å². The van der Waals surface area contributed by atoms with E-state index < -0.39 is 0 Å². The van der Waals surface area contributed by atoms with E-state index in [9.17, 15) is 9.59 Å². The van der Waals surface area contributed by atoms with Crippen molar-refractivity contribution < 1.29 is 9.59 Å². The summed E-state index contributed by atoms with van der Waals surface area (Å²) in [6.07, 6.45) is 0. The van der Waals surface area contributed by atoms with Gasteiger partial charge >= 0.3 is 0 Å². The number of carbonyl (C=O) groups excluding carboxylic acids is 2. The Bertz CT molecular complexity index is 2330. The highest BCUT2D eigenvalue weighted by Gasteiger charge is 2.27. The van der Waals surface area contributed by atoms with E-state index in [1.165, 1.54) is 0 Å². The second-order valence-electron chi connectivity index (χ2n) is 13.4. The number of anilines is 2. The van der Waals surface area contributed by atoms with Gasteiger partial charge in [-0.25, -0.2) is 0 Å². The van der Waals surface area contributed by atoms with Crippen LogP contribution < -0.4 is 9.80 Å². The highest BCUT2D eigenvalue weighted by atomic mass is 16.2. The second-order valence-corrected chi connectivity index (χ2v) is 13.4. The van der Waals surface area contributed by atoms with Crippen molar-refractivity contribution in [3.8, 4) is 23.7 Å². The van der Waals surface area contributed by atoms with Crippen LogP contribution in [0.4, 0.5) is 11.4 Å². The number of hydrogen-bond acceptors (Lipinski definition) is 2. The van der Waals surface area contributed by atoms with Gasteiger partial charge in [-0.15, -0.1) is 0 Å². The molecule has 0 saturated heterocycles. The van der Waals surface area contributed by atoms with Crippen molar-refractivity contribution in [2.24, 2.45) is 0 Å². The molecule has 7 aromatic rings. The summed E-state index contributed by atoms with van der Waals surface area (Å²) >= 11 is 0. The van der Waals surface area contributed by atoms with Crippen LogP contribution in [0.25, 0.3) is 0 Å². The molecule has 0 aliphatic carbocycles. The maximum atomic E-state index is 14.5. The standard InChI is InChI=1S/C52H40N2O2/c1-39(45-19-11-5-12-20-45)53(49-35-27-43(28-36-49)25-23-41-15-7-3-8-16-41)51(55)47-31-33-48(34-32-47)52(56)54(40(2)46-21-13-6-14-22-46)50-37-29-44(30-38-50)26-24-42-17-9-4-10-18-42/h3-22,27-40H,1-2H3/t39-,40-/m1/s1. The van der Waals surface area contributed by atoms with Crippen molar-refractivity contribution in [1.82, 2.24) is 0 Å². The maximum absolute atomic E-state index is 14.5. The number of benzene rings is 7. The average Bonchev–Trinajstić information content (AvgIpc) is 3.27. The average molecular weight is 725 g/mol. The number of carbonyl (C=O) groups is 2. The lowest BCUT2D eigenvalue weighted by Gasteiger charge is -2.31. The van der Waals surface area contributed by atoms with Gasteiger partial charge in [0.1, 0.15) is 0 Å². The van der Waals surface area contributed by atoms with Crippen molar-refractivity contribution in [3.05, 3.63) is 239 Å². The molecule has 7 rings (SSSR count). The van der Waals surface area contributed by atoms with Gasteiger partial charge in [-0.3, -0.25) is 9.59 Å². The molecule has 0 aromatic heterocycles. The Balaban J connectivity index is 1.17. The molecule has 0 aliphatic heterocycles. The summed E-state index contributed by atoms with van der Waals surface area (Å²) in [6, 6.07) is 61.6. The Labute approximate surface area is 329 Å². The fourth-order valence-corrected chi connectivity index (χ4v) is 6.57. The fraction of sp³-hybridized carbons (Fsp3) is 0.0769. The number of rotatable bonds is 8. The summed E-state index contributed by atoms with van der Waals surface area (Å²) in [4.78, 5) is 32.5. The van der Waals surface area contributed by atoms with E-state index >= 15 is 0 Å². The smallest absolute Gasteiger partial charge is 0.258 e. The van der Waals surface area contributed by atoms with Crippen LogP contribution >= 0.6 is 0 Å². The van der Waals surface area contributed by atoms with E-state index in [-0.39, 0.29) is 23.9 Å². The molecule has 0 unspecified atom stereocenters. The predicted octanol–water partition coefficient (Wildman–Crippen LogP) is 11.3. The monoisotopic (exact) mass is 724 g/mol. The Morgan fingerprint density at radius 2 is 0.625 bits per heavy atom. The van der Waals surface area contributed by atoms with Crippen LogP contribution in [0.15, 0.2) is 194 Å². The molecule has 270 valence electrons. The lowest BCUT2D eigenvalue weighted by atomic mass is 10.0. The fourth-order valence-electron chi connectivity index (χ4n) is 6.57. The molecule has 0 N–H and O–H groups in total. The normalized spacial score (nSPS) is 11.5. The summed E-state index contributed by atoms with van der Waals surface area (Å²) in [5.41, 5.74) is 8.02. The summed E-state index contributed by atoms with van der Waals surface area (Å²) in [6.45, 7) is 4.05. The Kier molecular flexibility index (Phi) is 11.6. The first-order valence-electron chi connectivity index (χ1n) is 18.7. The summed E-state index contributed by atoms with van der Waals surface area (Å²) in [5.74, 6) is 12.5. The van der Waals surface area contributed by atoms with Crippen LogP contribution in [-0.4, -0.2) is 11.8 Å². The minimum atomic E-state index is -0.270. The first-order valence-corrected chi connectivity index (χ1v) is 18.7. The zero-order chi connectivity index (χ0) is 38.7. The lowest BCUT2D eigenvalue weighted by Crippen LogP contribution is -2.34. The third kappa shape index (κ3) is 8.86. The molecule has 0 fully saturated rings. The molecule has 0 radical (unpaired) electrons. The van der Waals surface area contributed by atoms with Crippen molar-refractivity contribution in [2.45, 2.75) is 25.9 Å². The minimum Gasteiger partial charge on any atom is -0.301 e. The molecule has 4 nitrogen and oxygen atoms in total. The maximum Gasteiger partial charge on any atom is 0.258 e. The summed E-state index contributed by atoms with van der Waals surface area (Å²) in [7, 11) is 0. The molecule has 0 heterocycles. The van der Waals surface area contributed by atoms with E-state index in [1.807, 2.05) is 184 Å². The molecule has 0 aliphatic rings. The lowest BCUT2D eigenvalue weighted by molar-refractivity contribution is 0.0966. The van der Waals surface area contributed by atoms with Gasteiger partial charge in [-0.1, -0.05) is 121 Å². The molecule has 0 saturated carbocycles. The van der Waals surface area contributed by atoms with E-state index in [4.69, 9.17) is 0 Å². The summed E-state index contributed by atoms with van der Waals surface area (Å²) < 4.78 is 0. The van der Waals surface area contributed by atoms with Gasteiger partial charge < -0.3 is 9.80 Å². The topological polar surface area (TPSA) is 40.6 Å². The molecule has 7 aromatic carbocycles. The quantitative estimate of drug-likeness (QED) is 0.146. The van der Waals surface area contributed by atoms with E-state index in [0.29, 0.717) is 11.1 Å². The van der Waals surface area contributed by atoms with Gasteiger partial charge in [0.05, 0.1) is 12.1 Å². The number of amides is 2. The molecule has 0 spiro atoms. The van der Waals surface area contributed by atoms with Gasteiger partial charge in [0.15, 0.2) is 0 Å². The van der Waals surface area contributed by atoms with Crippen molar-refractivity contribution in [1.29, 1.82) is 0 Å². The molecular formula is C52H40N2O2. The Morgan fingerprint density at radius 1 is 0.357 bits per heavy atom. The van der Waals surface area contributed by atoms with Crippen molar-refractivity contribution >= 4 is 23.2 Å². The first-order chi connectivity index (χ1) is 27.4. The number of nitrogens with zero attached hydrogens (tertiary/aromatic N) is 2. The third-order valence-electron chi connectivity index (χ3n) is 9.70. The SMILES string of the molecule is C[C@H](c1ccccc1)N(C(=O)c1ccc(C(=O)N(c2ccc(C#Cc3ccccc3)cc2)[C@H](C)c2ccccc2)cc1)c1ccc(C#Cc2ccccc2)cc1. The zero-order valence-corrected chi connectivity index (χ0v) is 31.3. The van der Waals surface area contributed by atoms with Crippen LogP contribution in [0.1, 0.15) is 80.0 Å². The Morgan fingerprint density at radius 3 is 0.929 bits per heavy atom. The first kappa shape index (κ1) is 36.9. The van der Waals surface area contributed by atoms with Gasteiger partial charge in [-0.2, -0.15) is 0 Å². The predicted molar refractivity (Wildman–Crippen MR) is 228 cm³/mol. The molecule has 56 heavy (non-hydrogen) atoms. The number of hydrogen-bond donors (Lipinski definition) is 0. The second kappa shape index (κ2) is 17.6. The van der Waals surface area contributed by atoms with E-state index in [1.54, 1.807) is 34.1 Å². The molecular weight excluding hydrogens is 685 g/mol. The van der Waals surface area contributed by atoms with E-state index in [2.05, 4.69) is 23.7 Å². The van der Waals surface area contributed by atoms with Gasteiger partial charge in [-0.05, 0) is 122 Å². The Hall–Kier alpha value is -7.40. The van der Waals surface area contributed by atoms with Crippen LogP contribution in [0.5, 0.6) is 0 Å². The van der Waals surface area contributed by atoms with Gasteiger partial charge in [0, 0.05) is 44.8 Å². The molecule has 0 bridgehead atoms. The molecule has 2 amide bonds. The van der Waals surface area contributed by atoms with Gasteiger partial charge in [0.2, 0.25) is 0 Å². The largest absolute Gasteiger partial charge is 0.301 e. The van der Waals surface area contributed by atoms with Crippen LogP contribution in [0.2, 0.25) is 0 Å². The summed E-state index contributed by atoms with van der Waals surface area (Å²) in [5, 5.41) is 0. The van der Waals surface area contributed by atoms with Crippen molar-refractivity contribution in [2.75, 3.05) is 9.80 Å². The van der Waals surface area contributed by atoms with Crippen molar-refractivity contribution in [3.63, 3.8) is 0 Å². The van der Waals surface area contributed by atoms with Crippen LogP contribution in [-0.2, 0) is 0 Å². The minimum absolute atomic E-state index is 0.176. The highest BCUT2D eigenvalue weighted by Crippen LogP contribution is 2.32. The zero-order valence-electron chi connectivity index (χ0n) is 31.3. The highest BCUT2D eigenvalue weighted by molar-refractivity contribution is 6.09.